The summed E-state index contributed by atoms with van der Waals surface area (Å²) in [4.78, 5) is 0. The Hall–Kier alpha value is -2.34. The van der Waals surface area contributed by atoms with E-state index in [2.05, 4.69) is 35.8 Å². The lowest BCUT2D eigenvalue weighted by Crippen LogP contribution is -2.56. The highest BCUT2D eigenvalue weighted by molar-refractivity contribution is 9.10. The number of halogens is 2. The highest BCUT2D eigenvalue weighted by atomic mass is 79.9. The van der Waals surface area contributed by atoms with Gasteiger partial charge in [-0.1, -0.05) is 41.9 Å². The van der Waals surface area contributed by atoms with Crippen LogP contribution >= 0.6 is 15.9 Å². The van der Waals surface area contributed by atoms with Gasteiger partial charge in [0.05, 0.1) is 17.5 Å². The number of aliphatic hydroxyl groups is 1. The van der Waals surface area contributed by atoms with Crippen molar-refractivity contribution in [2.75, 3.05) is 0 Å². The molecular weight excluding hydrogens is 435 g/mol. The average Bonchev–Trinajstić information content (AvgIpc) is 3.08. The van der Waals surface area contributed by atoms with Crippen LogP contribution in [0.3, 0.4) is 0 Å². The molecule has 2 aliphatic heterocycles. The van der Waals surface area contributed by atoms with Crippen molar-refractivity contribution in [2.45, 2.75) is 44.9 Å². The minimum Gasteiger partial charge on any atom is -0.512 e. The van der Waals surface area contributed by atoms with Crippen molar-refractivity contribution in [3.63, 3.8) is 0 Å². The van der Waals surface area contributed by atoms with E-state index in [0.29, 0.717) is 25.0 Å². The molecule has 1 spiro atoms. The van der Waals surface area contributed by atoms with E-state index in [1.807, 2.05) is 23.2 Å². The number of rotatable bonds is 1. The number of nitrogens with zero attached hydrogens (tertiary/aromatic N) is 2. The number of hydrogen-bond acceptors (Lipinski definition) is 4. The van der Waals surface area contributed by atoms with E-state index < -0.39 is 5.72 Å². The summed E-state index contributed by atoms with van der Waals surface area (Å²) in [6.45, 7) is 4.27. The number of ether oxygens (including phenoxy) is 1. The molecule has 0 saturated carbocycles. The molecule has 4 nitrogen and oxygen atoms in total. The van der Waals surface area contributed by atoms with E-state index >= 15 is 0 Å². The van der Waals surface area contributed by atoms with Crippen LogP contribution in [0.1, 0.15) is 50.3 Å². The summed E-state index contributed by atoms with van der Waals surface area (Å²) in [5.74, 6) is 0.874. The van der Waals surface area contributed by atoms with Gasteiger partial charge >= 0.3 is 0 Å². The first-order chi connectivity index (χ1) is 13.7. The molecule has 6 heteroatoms. The van der Waals surface area contributed by atoms with Crippen LogP contribution in [-0.2, 0) is 0 Å². The maximum Gasteiger partial charge on any atom is 0.221 e. The molecule has 0 amide bonds. The van der Waals surface area contributed by atoms with E-state index in [1.165, 1.54) is 12.1 Å². The molecule has 0 bridgehead atoms. The number of benzene rings is 2. The third kappa shape index (κ3) is 3.14. The molecular formula is C23H22BrFN2O2. The maximum atomic E-state index is 13.4. The van der Waals surface area contributed by atoms with Crippen LogP contribution in [0.15, 0.2) is 63.9 Å². The van der Waals surface area contributed by atoms with Crippen molar-refractivity contribution in [3.05, 3.63) is 75.7 Å². The van der Waals surface area contributed by atoms with Crippen molar-refractivity contribution in [1.82, 2.24) is 5.01 Å². The Labute approximate surface area is 177 Å². The van der Waals surface area contributed by atoms with Crippen molar-refractivity contribution < 1.29 is 14.2 Å². The second-order valence-electron chi connectivity index (χ2n) is 8.90. The number of aliphatic hydroxyl groups excluding tert-OH is 1. The highest BCUT2D eigenvalue weighted by Gasteiger charge is 2.53. The summed E-state index contributed by atoms with van der Waals surface area (Å²) in [6.07, 6.45) is 3.82. The molecule has 0 radical (unpaired) electrons. The molecule has 2 aromatic rings. The van der Waals surface area contributed by atoms with Gasteiger partial charge in [-0.15, -0.1) is 0 Å². The third-order valence-corrected chi connectivity index (χ3v) is 6.37. The van der Waals surface area contributed by atoms with Crippen LogP contribution in [0.5, 0.6) is 5.75 Å². The Kier molecular flexibility index (Phi) is 4.07. The minimum absolute atomic E-state index is 0.0192. The first-order valence-electron chi connectivity index (χ1n) is 9.77. The van der Waals surface area contributed by atoms with E-state index in [-0.39, 0.29) is 17.3 Å². The van der Waals surface area contributed by atoms with Crippen LogP contribution in [0.4, 0.5) is 4.39 Å². The van der Waals surface area contributed by atoms with Gasteiger partial charge in [-0.2, -0.15) is 5.10 Å². The highest BCUT2D eigenvalue weighted by Crippen LogP contribution is 2.53. The fourth-order valence-electron chi connectivity index (χ4n) is 4.84. The lowest BCUT2D eigenvalue weighted by molar-refractivity contribution is -0.115. The summed E-state index contributed by atoms with van der Waals surface area (Å²) in [5, 5.41) is 17.5. The summed E-state index contributed by atoms with van der Waals surface area (Å²) in [6, 6.07) is 12.4. The molecule has 0 fully saturated rings. The van der Waals surface area contributed by atoms with Crippen LogP contribution in [0.2, 0.25) is 0 Å². The van der Waals surface area contributed by atoms with E-state index in [1.54, 1.807) is 12.1 Å². The van der Waals surface area contributed by atoms with Crippen molar-refractivity contribution in [1.29, 1.82) is 0 Å². The quantitative estimate of drug-likeness (QED) is 0.564. The number of hydrazone groups is 1. The summed E-state index contributed by atoms with van der Waals surface area (Å²) < 4.78 is 20.9. The molecule has 1 N–H and O–H groups in total. The Morgan fingerprint density at radius 3 is 2.69 bits per heavy atom. The molecule has 29 heavy (non-hydrogen) atoms. The molecule has 5 rings (SSSR count). The molecule has 2 aromatic carbocycles. The van der Waals surface area contributed by atoms with Crippen LogP contribution < -0.4 is 4.74 Å². The molecule has 3 aliphatic rings. The van der Waals surface area contributed by atoms with Crippen LogP contribution in [-0.4, -0.2) is 21.6 Å². The van der Waals surface area contributed by atoms with Gasteiger partial charge in [0.25, 0.3) is 0 Å². The minimum atomic E-state index is -0.848. The second kappa shape index (κ2) is 6.33. The Bertz CT molecular complexity index is 1050. The van der Waals surface area contributed by atoms with Gasteiger partial charge in [-0.25, -0.2) is 9.40 Å². The zero-order valence-electron chi connectivity index (χ0n) is 16.3. The Balaban J connectivity index is 1.66. The van der Waals surface area contributed by atoms with Crippen molar-refractivity contribution in [3.8, 4) is 5.75 Å². The number of allylic oxidation sites excluding steroid dienone is 1. The molecule has 1 aliphatic carbocycles. The Morgan fingerprint density at radius 2 is 1.97 bits per heavy atom. The zero-order valence-corrected chi connectivity index (χ0v) is 17.9. The molecule has 2 heterocycles. The van der Waals surface area contributed by atoms with Crippen LogP contribution in [0.25, 0.3) is 0 Å². The molecule has 0 aromatic heterocycles. The van der Waals surface area contributed by atoms with Gasteiger partial charge in [-0.3, -0.25) is 0 Å². The maximum absolute atomic E-state index is 13.4. The standard InChI is InChI=1S/C23H22BrFN2O2/c1-22(2)11-17(28)12-23(13-22)27-20(18-9-15(24)5-8-21(18)29-23)10-19(26-27)14-3-6-16(25)7-4-14/h3-9,12,20,28H,10-11,13H2,1-2H3/t20-,23+/m0/s1. The monoisotopic (exact) mass is 456 g/mol. The number of fused-ring (bicyclic) bond motifs is 4. The molecule has 2 atom stereocenters. The fraction of sp³-hybridized carbons (Fsp3) is 0.348. The van der Waals surface area contributed by atoms with E-state index in [0.717, 1.165) is 27.1 Å². The van der Waals surface area contributed by atoms with Crippen LogP contribution in [0, 0.1) is 11.2 Å². The molecule has 150 valence electrons. The number of hydrogen-bond donors (Lipinski definition) is 1. The third-order valence-electron chi connectivity index (χ3n) is 5.88. The summed E-state index contributed by atoms with van der Waals surface area (Å²) >= 11 is 3.57. The Morgan fingerprint density at radius 1 is 1.21 bits per heavy atom. The first-order valence-corrected chi connectivity index (χ1v) is 10.6. The normalized spacial score (nSPS) is 27.0. The van der Waals surface area contributed by atoms with E-state index in [9.17, 15) is 9.50 Å². The topological polar surface area (TPSA) is 45.1 Å². The van der Waals surface area contributed by atoms with Gasteiger partial charge in [0.2, 0.25) is 5.72 Å². The van der Waals surface area contributed by atoms with Crippen molar-refractivity contribution >= 4 is 21.6 Å². The summed E-state index contributed by atoms with van der Waals surface area (Å²) in [5.41, 5.74) is 1.86. The molecule has 0 unspecified atom stereocenters. The molecule has 0 saturated heterocycles. The lowest BCUT2D eigenvalue weighted by atomic mass is 9.75. The predicted octanol–water partition coefficient (Wildman–Crippen LogP) is 6.09. The second-order valence-corrected chi connectivity index (χ2v) is 9.82. The predicted molar refractivity (Wildman–Crippen MR) is 113 cm³/mol. The van der Waals surface area contributed by atoms with Gasteiger partial charge in [0.15, 0.2) is 0 Å². The SMILES string of the molecule is CC1(C)CC(O)=C[C@]2(C1)Oc1ccc(Br)cc1[C@@H]1CC(c3ccc(F)cc3)=NN12. The lowest BCUT2D eigenvalue weighted by Gasteiger charge is -2.50. The van der Waals surface area contributed by atoms with Gasteiger partial charge < -0.3 is 9.84 Å². The van der Waals surface area contributed by atoms with Gasteiger partial charge in [-0.05, 0) is 41.3 Å². The summed E-state index contributed by atoms with van der Waals surface area (Å²) in [7, 11) is 0. The fourth-order valence-corrected chi connectivity index (χ4v) is 5.22. The average molecular weight is 457 g/mol. The van der Waals surface area contributed by atoms with Gasteiger partial charge in [0.1, 0.15) is 11.6 Å². The largest absolute Gasteiger partial charge is 0.512 e. The van der Waals surface area contributed by atoms with Gasteiger partial charge in [0, 0.05) is 35.4 Å². The van der Waals surface area contributed by atoms with E-state index in [4.69, 9.17) is 9.84 Å². The zero-order chi connectivity index (χ0) is 20.4. The first kappa shape index (κ1) is 18.7. The smallest absolute Gasteiger partial charge is 0.221 e. The van der Waals surface area contributed by atoms with Crippen molar-refractivity contribution in [2.24, 2.45) is 10.5 Å².